The molecule has 0 bridgehead atoms. The van der Waals surface area contributed by atoms with E-state index in [2.05, 4.69) is 43.4 Å². The lowest BCUT2D eigenvalue weighted by Crippen LogP contribution is -2.36. The minimum absolute atomic E-state index is 0.178. The van der Waals surface area contributed by atoms with Gasteiger partial charge in [0.05, 0.1) is 0 Å². The lowest BCUT2D eigenvalue weighted by atomic mass is 10.0. The third kappa shape index (κ3) is 3.50. The molecule has 0 saturated heterocycles. The third-order valence-corrected chi connectivity index (χ3v) is 3.57. The number of nitrogens with one attached hydrogen (secondary N) is 1. The van der Waals surface area contributed by atoms with Gasteiger partial charge < -0.3 is 14.8 Å². The van der Waals surface area contributed by atoms with E-state index in [4.69, 9.17) is 4.42 Å². The van der Waals surface area contributed by atoms with Crippen LogP contribution in [-0.2, 0) is 5.60 Å². The largest absolute Gasteiger partial charge is 0.463 e. The number of furan rings is 1. The Morgan fingerprint density at radius 2 is 2.00 bits per heavy atom. The molecule has 1 aromatic heterocycles. The van der Waals surface area contributed by atoms with Crippen molar-refractivity contribution in [3.63, 3.8) is 0 Å². The van der Waals surface area contributed by atoms with Gasteiger partial charge in [0, 0.05) is 12.6 Å². The molecule has 2 N–H and O–H groups in total. The van der Waals surface area contributed by atoms with Crippen molar-refractivity contribution in [1.82, 2.24) is 5.32 Å². The molecule has 1 aromatic carbocycles. The van der Waals surface area contributed by atoms with Crippen LogP contribution >= 0.6 is 0 Å². The fourth-order valence-corrected chi connectivity index (χ4v) is 2.22. The zero-order valence-electron chi connectivity index (χ0n) is 12.6. The maximum atomic E-state index is 10.5. The molecule has 0 aliphatic carbocycles. The van der Waals surface area contributed by atoms with Crippen LogP contribution in [0.1, 0.15) is 42.5 Å². The molecule has 0 amide bonds. The number of aliphatic hydroxyl groups is 1. The van der Waals surface area contributed by atoms with Crippen molar-refractivity contribution in [2.45, 2.75) is 39.3 Å². The van der Waals surface area contributed by atoms with Crippen molar-refractivity contribution in [3.05, 3.63) is 59.0 Å². The Morgan fingerprint density at radius 1 is 1.25 bits per heavy atom. The Morgan fingerprint density at radius 3 is 2.60 bits per heavy atom. The minimum atomic E-state index is -1.01. The molecule has 0 fully saturated rings. The van der Waals surface area contributed by atoms with Gasteiger partial charge >= 0.3 is 0 Å². The second kappa shape index (κ2) is 5.81. The van der Waals surface area contributed by atoms with Crippen LogP contribution in [0.15, 0.2) is 40.8 Å². The summed E-state index contributed by atoms with van der Waals surface area (Å²) in [7, 11) is 0. The quantitative estimate of drug-likeness (QED) is 0.877. The minimum Gasteiger partial charge on any atom is -0.463 e. The van der Waals surface area contributed by atoms with Crippen molar-refractivity contribution in [2.24, 2.45) is 0 Å². The van der Waals surface area contributed by atoms with Crippen LogP contribution in [0.25, 0.3) is 0 Å². The molecule has 20 heavy (non-hydrogen) atoms. The maximum absolute atomic E-state index is 10.5. The van der Waals surface area contributed by atoms with Gasteiger partial charge in [-0.25, -0.2) is 0 Å². The third-order valence-electron chi connectivity index (χ3n) is 3.57. The van der Waals surface area contributed by atoms with Gasteiger partial charge in [-0.1, -0.05) is 29.8 Å². The molecule has 3 nitrogen and oxygen atoms in total. The summed E-state index contributed by atoms with van der Waals surface area (Å²) in [5, 5.41) is 13.9. The molecule has 0 spiro atoms. The number of rotatable bonds is 5. The van der Waals surface area contributed by atoms with Crippen LogP contribution in [0.5, 0.6) is 0 Å². The molecule has 0 saturated carbocycles. The normalized spacial score (nSPS) is 15.8. The Bertz CT molecular complexity index is 572. The molecule has 0 aliphatic heterocycles. The first-order valence-electron chi connectivity index (χ1n) is 6.98. The fraction of sp³-hybridized carbons (Fsp3) is 0.412. The molecule has 1 heterocycles. The Hall–Kier alpha value is -1.58. The van der Waals surface area contributed by atoms with Gasteiger partial charge in [-0.2, -0.15) is 0 Å². The van der Waals surface area contributed by atoms with Gasteiger partial charge in [0.15, 0.2) is 0 Å². The van der Waals surface area contributed by atoms with Crippen molar-refractivity contribution >= 4 is 0 Å². The number of hydrogen-bond acceptors (Lipinski definition) is 3. The van der Waals surface area contributed by atoms with Crippen molar-refractivity contribution < 1.29 is 9.52 Å². The fourth-order valence-electron chi connectivity index (χ4n) is 2.22. The highest BCUT2D eigenvalue weighted by molar-refractivity contribution is 5.24. The Kier molecular flexibility index (Phi) is 4.31. The van der Waals surface area contributed by atoms with E-state index in [1.165, 1.54) is 11.1 Å². The van der Waals surface area contributed by atoms with Gasteiger partial charge in [-0.05, 0) is 45.4 Å². The summed E-state index contributed by atoms with van der Waals surface area (Å²) in [6.45, 7) is 8.26. The average molecular weight is 273 g/mol. The predicted molar refractivity (Wildman–Crippen MR) is 80.6 cm³/mol. The first-order valence-corrected chi connectivity index (χ1v) is 6.98. The summed E-state index contributed by atoms with van der Waals surface area (Å²) in [5.41, 5.74) is 1.45. The zero-order valence-corrected chi connectivity index (χ0v) is 12.6. The molecule has 2 rings (SSSR count). The highest BCUT2D eigenvalue weighted by Gasteiger charge is 2.27. The Labute approximate surface area is 120 Å². The highest BCUT2D eigenvalue weighted by atomic mass is 16.4. The monoisotopic (exact) mass is 273 g/mol. The van der Waals surface area contributed by atoms with E-state index >= 15 is 0 Å². The number of aryl methyl sites for hydroxylation is 2. The number of hydrogen-bond donors (Lipinski definition) is 2. The van der Waals surface area contributed by atoms with Crippen LogP contribution in [-0.4, -0.2) is 11.7 Å². The van der Waals surface area contributed by atoms with Gasteiger partial charge in [0.2, 0.25) is 0 Å². The molecule has 0 aliphatic rings. The first-order chi connectivity index (χ1) is 9.38. The summed E-state index contributed by atoms with van der Waals surface area (Å²) in [4.78, 5) is 0. The van der Waals surface area contributed by atoms with Crippen LogP contribution in [0.3, 0.4) is 0 Å². The molecular formula is C17H23NO2. The molecule has 108 valence electrons. The van der Waals surface area contributed by atoms with E-state index in [1.54, 1.807) is 6.92 Å². The van der Waals surface area contributed by atoms with Crippen LogP contribution in [0.4, 0.5) is 0 Å². The lowest BCUT2D eigenvalue weighted by molar-refractivity contribution is 0.0313. The Balaban J connectivity index is 2.01. The topological polar surface area (TPSA) is 45.4 Å². The smallest absolute Gasteiger partial charge is 0.136 e. The average Bonchev–Trinajstić information content (AvgIpc) is 2.83. The van der Waals surface area contributed by atoms with E-state index in [0.29, 0.717) is 12.3 Å². The van der Waals surface area contributed by atoms with E-state index in [1.807, 2.05) is 19.1 Å². The first kappa shape index (κ1) is 14.8. The van der Waals surface area contributed by atoms with Crippen molar-refractivity contribution in [3.8, 4) is 0 Å². The standard InChI is InChI=1S/C17H23NO2/c1-12-6-5-7-15(10-12)14(3)18-11-17(4,19)16-9-8-13(2)20-16/h5-10,14,18-19H,11H2,1-4H3. The van der Waals surface area contributed by atoms with Gasteiger partial charge in [0.25, 0.3) is 0 Å². The maximum Gasteiger partial charge on any atom is 0.136 e. The summed E-state index contributed by atoms with van der Waals surface area (Å²) < 4.78 is 5.52. The van der Waals surface area contributed by atoms with E-state index in [0.717, 1.165) is 5.76 Å². The van der Waals surface area contributed by atoms with Gasteiger partial charge in [0.1, 0.15) is 17.1 Å². The summed E-state index contributed by atoms with van der Waals surface area (Å²) >= 11 is 0. The van der Waals surface area contributed by atoms with E-state index < -0.39 is 5.60 Å². The van der Waals surface area contributed by atoms with Crippen LogP contribution < -0.4 is 5.32 Å². The number of benzene rings is 1. The van der Waals surface area contributed by atoms with Crippen LogP contribution in [0, 0.1) is 13.8 Å². The predicted octanol–water partition coefficient (Wildman–Crippen LogP) is 3.45. The molecule has 2 unspecified atom stereocenters. The van der Waals surface area contributed by atoms with E-state index in [9.17, 15) is 5.11 Å². The van der Waals surface area contributed by atoms with Gasteiger partial charge in [-0.3, -0.25) is 0 Å². The SMILES string of the molecule is Cc1cccc(C(C)NCC(C)(O)c2ccc(C)o2)c1. The second-order valence-electron chi connectivity index (χ2n) is 5.70. The summed E-state index contributed by atoms with van der Waals surface area (Å²) in [5.74, 6) is 1.41. The molecule has 2 aromatic rings. The lowest BCUT2D eigenvalue weighted by Gasteiger charge is -2.24. The second-order valence-corrected chi connectivity index (χ2v) is 5.70. The zero-order chi connectivity index (χ0) is 14.8. The molecule has 3 heteroatoms. The van der Waals surface area contributed by atoms with Crippen molar-refractivity contribution in [1.29, 1.82) is 0 Å². The van der Waals surface area contributed by atoms with Crippen LogP contribution in [0.2, 0.25) is 0 Å². The molecular weight excluding hydrogens is 250 g/mol. The van der Waals surface area contributed by atoms with Crippen molar-refractivity contribution in [2.75, 3.05) is 6.54 Å². The van der Waals surface area contributed by atoms with E-state index in [-0.39, 0.29) is 6.04 Å². The summed E-state index contributed by atoms with van der Waals surface area (Å²) in [6, 6.07) is 12.3. The molecule has 0 radical (unpaired) electrons. The molecule has 2 atom stereocenters. The van der Waals surface area contributed by atoms with Gasteiger partial charge in [-0.15, -0.1) is 0 Å². The summed E-state index contributed by atoms with van der Waals surface area (Å²) in [6.07, 6.45) is 0. The highest BCUT2D eigenvalue weighted by Crippen LogP contribution is 2.23.